The first kappa shape index (κ1) is 18.8. The molecule has 1 unspecified atom stereocenters. The zero-order chi connectivity index (χ0) is 20.7. The van der Waals surface area contributed by atoms with Gasteiger partial charge in [-0.2, -0.15) is 24.6 Å². The number of nitrogens with one attached hydrogen (secondary N) is 1. The molecule has 0 radical (unpaired) electrons. The van der Waals surface area contributed by atoms with Crippen molar-refractivity contribution >= 4 is 29.3 Å². The van der Waals surface area contributed by atoms with Gasteiger partial charge in [0.05, 0.1) is 6.26 Å². The van der Waals surface area contributed by atoms with Crippen LogP contribution < -0.4 is 11.1 Å². The summed E-state index contributed by atoms with van der Waals surface area (Å²) in [4.78, 5) is 15.5. The second kappa shape index (κ2) is 7.58. The molecule has 0 amide bonds. The van der Waals surface area contributed by atoms with Gasteiger partial charge in [0.25, 0.3) is 5.78 Å². The molecule has 1 fully saturated rings. The Bertz CT molecular complexity index is 1170. The van der Waals surface area contributed by atoms with Crippen LogP contribution in [-0.4, -0.2) is 58.4 Å². The highest BCUT2D eigenvalue weighted by Gasteiger charge is 2.26. The normalized spacial score (nSPS) is 17.2. The molecule has 1 saturated heterocycles. The number of aromatic nitrogens is 7. The van der Waals surface area contributed by atoms with Crippen molar-refractivity contribution in [1.82, 2.24) is 39.2 Å². The van der Waals surface area contributed by atoms with E-state index in [1.165, 1.54) is 4.52 Å². The van der Waals surface area contributed by atoms with Gasteiger partial charge in [0.1, 0.15) is 0 Å². The van der Waals surface area contributed by atoms with Crippen LogP contribution in [0.4, 0.5) is 11.9 Å². The molecule has 1 aliphatic heterocycles. The second-order valence-electron chi connectivity index (χ2n) is 7.30. The average Bonchev–Trinajstić information content (AvgIpc) is 3.48. The van der Waals surface area contributed by atoms with E-state index in [1.807, 2.05) is 13.2 Å². The third-order valence-electron chi connectivity index (χ3n) is 5.20. The molecular weight excluding hydrogens is 408 g/mol. The Balaban J connectivity index is 1.30. The van der Waals surface area contributed by atoms with Gasteiger partial charge in [0, 0.05) is 37.9 Å². The lowest BCUT2D eigenvalue weighted by Crippen LogP contribution is -2.34. The number of nitrogen functional groups attached to an aromatic ring is 1. The van der Waals surface area contributed by atoms with Crippen molar-refractivity contribution in [3.63, 3.8) is 0 Å². The molecule has 4 aromatic heterocycles. The van der Waals surface area contributed by atoms with Crippen molar-refractivity contribution in [3.8, 4) is 11.6 Å². The smallest absolute Gasteiger partial charge is 0.259 e. The van der Waals surface area contributed by atoms with Gasteiger partial charge < -0.3 is 15.5 Å². The molecule has 5 heterocycles. The minimum Gasteiger partial charge on any atom is -0.461 e. The predicted molar refractivity (Wildman–Crippen MR) is 111 cm³/mol. The number of likely N-dealkylation sites (tertiary alicyclic amines) is 1. The van der Waals surface area contributed by atoms with E-state index in [9.17, 15) is 0 Å². The number of furan rings is 1. The number of aryl methyl sites for hydroxylation is 1. The van der Waals surface area contributed by atoms with E-state index in [1.54, 1.807) is 23.1 Å². The van der Waals surface area contributed by atoms with Crippen LogP contribution in [0.15, 0.2) is 29.0 Å². The lowest BCUT2D eigenvalue weighted by molar-refractivity contribution is 0.254. The predicted octanol–water partition coefficient (Wildman–Crippen LogP) is 1.82. The van der Waals surface area contributed by atoms with Crippen molar-refractivity contribution in [2.75, 3.05) is 24.1 Å². The van der Waals surface area contributed by atoms with E-state index in [0.29, 0.717) is 41.1 Å². The Labute approximate surface area is 176 Å². The molecule has 0 aromatic carbocycles. The first-order chi connectivity index (χ1) is 14.6. The van der Waals surface area contributed by atoms with Crippen LogP contribution in [0.5, 0.6) is 0 Å². The zero-order valence-corrected chi connectivity index (χ0v) is 17.1. The molecule has 4 aromatic rings. The van der Waals surface area contributed by atoms with Crippen LogP contribution in [0.1, 0.15) is 18.4 Å². The Kier molecular flexibility index (Phi) is 4.75. The summed E-state index contributed by atoms with van der Waals surface area (Å²) < 4.78 is 8.48. The first-order valence-electron chi connectivity index (χ1n) is 9.67. The Hall–Kier alpha value is -3.18. The minimum atomic E-state index is 0.207. The summed E-state index contributed by atoms with van der Waals surface area (Å²) in [6.07, 6.45) is 5.74. The average molecular weight is 429 g/mol. The van der Waals surface area contributed by atoms with Crippen LogP contribution in [0.2, 0.25) is 5.15 Å². The molecule has 12 heteroatoms. The van der Waals surface area contributed by atoms with Crippen molar-refractivity contribution in [2.24, 2.45) is 7.05 Å². The fourth-order valence-corrected chi connectivity index (χ4v) is 4.00. The van der Waals surface area contributed by atoms with Crippen molar-refractivity contribution < 1.29 is 4.42 Å². The van der Waals surface area contributed by atoms with Crippen LogP contribution >= 0.6 is 11.6 Å². The van der Waals surface area contributed by atoms with Crippen molar-refractivity contribution in [1.29, 1.82) is 0 Å². The zero-order valence-electron chi connectivity index (χ0n) is 16.4. The molecule has 0 saturated carbocycles. The number of nitrogens with two attached hydrogens (primary N) is 1. The number of fused-ring (bicyclic) bond motifs is 1. The van der Waals surface area contributed by atoms with Crippen molar-refractivity contribution in [2.45, 2.75) is 25.4 Å². The Morgan fingerprint density at radius 3 is 2.97 bits per heavy atom. The van der Waals surface area contributed by atoms with Gasteiger partial charge in [0.2, 0.25) is 17.7 Å². The lowest BCUT2D eigenvalue weighted by Gasteiger charge is -2.24. The van der Waals surface area contributed by atoms with Crippen molar-refractivity contribution in [3.05, 3.63) is 35.3 Å². The standard InChI is InChI=1S/C18H21ClN10O/c1-27-9-11(14(19)25-27)10-28-6-2-4-12(28)8-21-17-23-16(20)29-18(24-17)22-15(26-29)13-5-3-7-30-13/h3,5,7,9,12H,2,4,6,8,10H2,1H3,(H3,20,21,22,23,24,26). The largest absolute Gasteiger partial charge is 0.461 e. The molecule has 11 nitrogen and oxygen atoms in total. The summed E-state index contributed by atoms with van der Waals surface area (Å²) >= 11 is 6.23. The number of hydrogen-bond donors (Lipinski definition) is 2. The number of hydrogen-bond acceptors (Lipinski definition) is 9. The number of rotatable bonds is 6. The van der Waals surface area contributed by atoms with Gasteiger partial charge in [0.15, 0.2) is 10.9 Å². The molecule has 1 atom stereocenters. The van der Waals surface area contributed by atoms with E-state index >= 15 is 0 Å². The summed E-state index contributed by atoms with van der Waals surface area (Å²) in [5, 5.41) is 12.4. The summed E-state index contributed by atoms with van der Waals surface area (Å²) in [5.41, 5.74) is 7.09. The highest BCUT2D eigenvalue weighted by Crippen LogP contribution is 2.23. The third kappa shape index (κ3) is 3.57. The topological polar surface area (TPSA) is 128 Å². The molecule has 5 rings (SSSR count). The molecule has 0 bridgehead atoms. The Morgan fingerprint density at radius 2 is 2.20 bits per heavy atom. The molecule has 30 heavy (non-hydrogen) atoms. The van der Waals surface area contributed by atoms with E-state index in [0.717, 1.165) is 31.5 Å². The van der Waals surface area contributed by atoms with E-state index in [-0.39, 0.29) is 5.95 Å². The second-order valence-corrected chi connectivity index (χ2v) is 7.65. The third-order valence-corrected chi connectivity index (χ3v) is 5.51. The SMILES string of the molecule is Cn1cc(CN2CCCC2CNc2nc(N)n3nc(-c4ccco4)nc3n2)c(Cl)n1. The molecule has 0 aliphatic carbocycles. The molecule has 156 valence electrons. The Morgan fingerprint density at radius 1 is 1.30 bits per heavy atom. The van der Waals surface area contributed by atoms with E-state index < -0.39 is 0 Å². The van der Waals surface area contributed by atoms with E-state index in [4.69, 9.17) is 21.8 Å². The van der Waals surface area contributed by atoms with Gasteiger partial charge in [-0.3, -0.25) is 9.58 Å². The highest BCUT2D eigenvalue weighted by molar-refractivity contribution is 6.30. The lowest BCUT2D eigenvalue weighted by atomic mass is 10.2. The summed E-state index contributed by atoms with van der Waals surface area (Å²) in [6.45, 7) is 2.46. The molecular formula is C18H21ClN10O. The summed E-state index contributed by atoms with van der Waals surface area (Å²) in [7, 11) is 1.87. The van der Waals surface area contributed by atoms with Crippen LogP contribution in [0.3, 0.4) is 0 Å². The van der Waals surface area contributed by atoms with Gasteiger partial charge in [-0.25, -0.2) is 0 Å². The van der Waals surface area contributed by atoms with Crippen LogP contribution in [0, 0.1) is 0 Å². The minimum absolute atomic E-state index is 0.207. The van der Waals surface area contributed by atoms with Crippen LogP contribution in [-0.2, 0) is 13.6 Å². The van der Waals surface area contributed by atoms with Gasteiger partial charge in [-0.15, -0.1) is 5.10 Å². The fourth-order valence-electron chi connectivity index (χ4n) is 3.77. The van der Waals surface area contributed by atoms with Gasteiger partial charge in [-0.05, 0) is 31.5 Å². The molecule has 3 N–H and O–H groups in total. The summed E-state index contributed by atoms with van der Waals surface area (Å²) in [5.74, 6) is 1.95. The monoisotopic (exact) mass is 428 g/mol. The maximum atomic E-state index is 6.23. The molecule has 0 spiro atoms. The van der Waals surface area contributed by atoms with E-state index in [2.05, 4.69) is 35.4 Å². The molecule has 1 aliphatic rings. The maximum absolute atomic E-state index is 6.23. The van der Waals surface area contributed by atoms with Crippen LogP contribution in [0.25, 0.3) is 17.4 Å². The fraction of sp³-hybridized carbons (Fsp3) is 0.389. The quantitative estimate of drug-likeness (QED) is 0.472. The van der Waals surface area contributed by atoms with Gasteiger partial charge in [-0.1, -0.05) is 11.6 Å². The highest BCUT2D eigenvalue weighted by atomic mass is 35.5. The number of nitrogens with zero attached hydrogens (tertiary/aromatic N) is 8. The first-order valence-corrected chi connectivity index (χ1v) is 10.0. The number of anilines is 2. The van der Waals surface area contributed by atoms with Gasteiger partial charge >= 0.3 is 0 Å². The maximum Gasteiger partial charge on any atom is 0.259 e. The summed E-state index contributed by atoms with van der Waals surface area (Å²) in [6, 6.07) is 3.88. The number of halogens is 1.